The van der Waals surface area contributed by atoms with Gasteiger partial charge >= 0.3 is 6.09 Å². The molecule has 3 N–H and O–H groups in total. The molecular weight excluding hydrogens is 826 g/mol. The maximum Gasteiger partial charge on any atom is 0.408 e. The number of hydrogen-bond acceptors (Lipinski definition) is 10. The predicted octanol–water partition coefficient (Wildman–Crippen LogP) is 4.67. The van der Waals surface area contributed by atoms with Crippen molar-refractivity contribution in [3.05, 3.63) is 33.6 Å². The number of aromatic nitrogens is 2. The number of carbonyl (C=O) groups excluding carboxylic acids is 4. The summed E-state index contributed by atoms with van der Waals surface area (Å²) in [4.78, 5) is 76.4. The molecule has 5 fully saturated rings. The highest BCUT2D eigenvalue weighted by Gasteiger charge is 2.67. The molecule has 9 unspecified atom stereocenters. The van der Waals surface area contributed by atoms with Crippen molar-refractivity contribution in [3.63, 3.8) is 0 Å². The van der Waals surface area contributed by atoms with Gasteiger partial charge in [0.15, 0.2) is 0 Å². The largest absolute Gasteiger partial charge is 0.459 e. The Hall–Kier alpha value is -4.06. The average Bonchev–Trinajstić information content (AvgIpc) is 4.03. The number of ether oxygens (including phenoxy) is 2. The summed E-state index contributed by atoms with van der Waals surface area (Å²) in [7, 11) is -4.26. The van der Waals surface area contributed by atoms with Crippen LogP contribution >= 0.6 is 11.6 Å². The van der Waals surface area contributed by atoms with Crippen molar-refractivity contribution >= 4 is 56.3 Å². The van der Waals surface area contributed by atoms with Crippen LogP contribution in [-0.4, -0.2) is 94.2 Å². The molecule has 19 heteroatoms. The number of carbonyl (C=O) groups is 4. The van der Waals surface area contributed by atoms with Crippen molar-refractivity contribution in [2.45, 2.75) is 146 Å². The van der Waals surface area contributed by atoms with Gasteiger partial charge in [-0.2, -0.15) is 4.98 Å². The summed E-state index contributed by atoms with van der Waals surface area (Å²) in [5, 5.41) is 5.88. The number of benzene rings is 1. The van der Waals surface area contributed by atoms with Crippen molar-refractivity contribution in [2.75, 3.05) is 6.54 Å². The van der Waals surface area contributed by atoms with Crippen molar-refractivity contribution < 1.29 is 45.9 Å². The number of nitrogens with one attached hydrogen (secondary N) is 3. The summed E-state index contributed by atoms with van der Waals surface area (Å²) in [6, 6.07) is 1.96. The maximum absolute atomic E-state index is 14.8. The Kier molecular flexibility index (Phi) is 10.9. The van der Waals surface area contributed by atoms with Gasteiger partial charge in [0.1, 0.15) is 29.8 Å². The number of nitrogens with zero attached hydrogens (tertiary/aromatic N) is 3. The Labute approximate surface area is 352 Å². The van der Waals surface area contributed by atoms with Crippen LogP contribution in [-0.2, 0) is 35.7 Å². The zero-order chi connectivity index (χ0) is 43.1. The van der Waals surface area contributed by atoms with Crippen LogP contribution in [0.5, 0.6) is 6.01 Å². The molecule has 6 aliphatic rings. The Morgan fingerprint density at radius 3 is 2.43 bits per heavy atom. The van der Waals surface area contributed by atoms with E-state index in [1.54, 1.807) is 32.9 Å². The van der Waals surface area contributed by atoms with Crippen LogP contribution in [0.2, 0.25) is 5.02 Å². The van der Waals surface area contributed by atoms with Crippen LogP contribution in [0.25, 0.3) is 10.9 Å². The van der Waals surface area contributed by atoms with Crippen molar-refractivity contribution in [1.29, 1.82) is 0 Å². The fraction of sp³-hybridized carbons (Fsp3) is 0.707. The summed E-state index contributed by atoms with van der Waals surface area (Å²) in [6.07, 6.45) is 0.480. The predicted molar refractivity (Wildman–Crippen MR) is 215 cm³/mol. The first-order valence-electron chi connectivity index (χ1n) is 21.0. The molecule has 1 aromatic heterocycles. The molecule has 60 heavy (non-hydrogen) atoms. The third kappa shape index (κ3) is 7.83. The van der Waals surface area contributed by atoms with Gasteiger partial charge in [0, 0.05) is 18.0 Å². The van der Waals surface area contributed by atoms with Gasteiger partial charge in [0.25, 0.3) is 17.5 Å². The third-order valence-electron chi connectivity index (χ3n) is 14.0. The second-order valence-electron chi connectivity index (χ2n) is 19.1. The van der Waals surface area contributed by atoms with E-state index >= 15 is 0 Å². The minimum atomic E-state index is -4.26. The molecular formula is C41H53ClF2N6O9S. The number of alkyl halides is 2. The molecule has 2 aliphatic heterocycles. The number of halogens is 3. The summed E-state index contributed by atoms with van der Waals surface area (Å²) < 4.78 is 69.3. The molecule has 1 aromatic carbocycles. The standard InChI is InChI=1S/C41H53ClF2N6O9S/c1-39(2,3)31-35(53)50-20-23(18-29(50)33(51)47-41(19-27(41)32(43)44)36(54)48-60(56,57)40(4)13-14-40)58-37-45-28-17-22(42)10-12-26(28)34(52)49(37)15-7-5-6-8-25-24-11-9-21(24)16-30(25)59-38(55)46-31/h10,12,17,21,23-25,27,29-32H,5-9,11,13-16,18-20H2,1-4H3,(H,46,55)(H,47,51)(H,48,54). The molecule has 4 aliphatic carbocycles. The van der Waals surface area contributed by atoms with E-state index in [0.717, 1.165) is 38.5 Å². The quantitative estimate of drug-likeness (QED) is 0.367. The van der Waals surface area contributed by atoms with Gasteiger partial charge in [-0.1, -0.05) is 45.2 Å². The van der Waals surface area contributed by atoms with E-state index in [-0.39, 0.29) is 61.5 Å². The minimum absolute atomic E-state index is 0.0637. The summed E-state index contributed by atoms with van der Waals surface area (Å²) in [5.41, 5.74) is -3.30. The van der Waals surface area contributed by atoms with Gasteiger partial charge in [0.05, 0.1) is 28.1 Å². The number of fused-ring (bicyclic) bond motifs is 7. The molecule has 0 spiro atoms. The van der Waals surface area contributed by atoms with Crippen molar-refractivity contribution in [3.8, 4) is 6.01 Å². The fourth-order valence-corrected chi connectivity index (χ4v) is 11.3. The topological polar surface area (TPSA) is 195 Å². The van der Waals surface area contributed by atoms with Crippen LogP contribution in [0.4, 0.5) is 13.6 Å². The van der Waals surface area contributed by atoms with Gasteiger partial charge in [-0.25, -0.2) is 22.0 Å². The molecule has 328 valence electrons. The SMILES string of the molecule is CC(C)(C)C1NC(=O)OC2CC3CCC3C2CCCCCn2c(nc3cc(Cl)ccc3c2=O)OC2CC(C(=O)NC3(C(=O)NS(=O)(=O)C4(C)CC4)CC3C(F)F)N(C2)C1=O. The molecule has 15 nitrogen and oxygen atoms in total. The Morgan fingerprint density at radius 1 is 1.03 bits per heavy atom. The van der Waals surface area contributed by atoms with E-state index in [9.17, 15) is 41.2 Å². The summed E-state index contributed by atoms with van der Waals surface area (Å²) in [5.74, 6) is -3.64. The Bertz CT molecular complexity index is 2270. The van der Waals surface area contributed by atoms with Crippen LogP contribution in [0.3, 0.4) is 0 Å². The van der Waals surface area contributed by atoms with Gasteiger partial charge in [-0.3, -0.25) is 28.5 Å². The molecule has 3 heterocycles. The number of sulfonamides is 1. The lowest BCUT2D eigenvalue weighted by atomic mass is 9.71. The number of amides is 4. The lowest BCUT2D eigenvalue weighted by Crippen LogP contribution is -2.60. The first kappa shape index (κ1) is 42.6. The van der Waals surface area contributed by atoms with Crippen LogP contribution in [0, 0.1) is 29.1 Å². The second-order valence-corrected chi connectivity index (χ2v) is 21.8. The lowest BCUT2D eigenvalue weighted by molar-refractivity contribution is -0.143. The molecule has 4 saturated carbocycles. The van der Waals surface area contributed by atoms with E-state index in [1.807, 2.05) is 4.72 Å². The number of hydrogen-bond donors (Lipinski definition) is 3. The molecule has 4 amide bonds. The van der Waals surface area contributed by atoms with E-state index in [0.29, 0.717) is 28.7 Å². The highest BCUT2D eigenvalue weighted by Crippen LogP contribution is 2.53. The van der Waals surface area contributed by atoms with Crippen LogP contribution < -0.4 is 25.7 Å². The minimum Gasteiger partial charge on any atom is -0.459 e. The monoisotopic (exact) mass is 878 g/mol. The Morgan fingerprint density at radius 2 is 1.78 bits per heavy atom. The van der Waals surface area contributed by atoms with Crippen molar-refractivity contribution in [1.82, 2.24) is 29.8 Å². The first-order valence-corrected chi connectivity index (χ1v) is 22.9. The van der Waals surface area contributed by atoms with Gasteiger partial charge < -0.3 is 25.0 Å². The van der Waals surface area contributed by atoms with Gasteiger partial charge in [0.2, 0.25) is 28.3 Å². The van der Waals surface area contributed by atoms with E-state index in [1.165, 1.54) is 22.5 Å². The van der Waals surface area contributed by atoms with E-state index in [2.05, 4.69) is 15.6 Å². The maximum atomic E-state index is 14.8. The molecule has 0 radical (unpaired) electrons. The fourth-order valence-electron chi connectivity index (χ4n) is 9.79. The number of rotatable bonds is 6. The van der Waals surface area contributed by atoms with Gasteiger partial charge in [-0.05, 0) is 99.7 Å². The average molecular weight is 879 g/mol. The van der Waals surface area contributed by atoms with Crippen molar-refractivity contribution in [2.24, 2.45) is 29.1 Å². The van der Waals surface area contributed by atoms with Gasteiger partial charge in [-0.15, -0.1) is 0 Å². The second kappa shape index (κ2) is 15.4. The first-order chi connectivity index (χ1) is 28.2. The normalized spacial score (nSPS) is 32.8. The number of alkyl carbamates (subject to hydrolysis) is 1. The molecule has 1 saturated heterocycles. The van der Waals surface area contributed by atoms with Crippen LogP contribution in [0.1, 0.15) is 98.3 Å². The summed E-state index contributed by atoms with van der Waals surface area (Å²) >= 11 is 6.29. The third-order valence-corrected chi connectivity index (χ3v) is 16.4. The zero-order valence-electron chi connectivity index (χ0n) is 34.2. The highest BCUT2D eigenvalue weighted by molar-refractivity contribution is 7.91. The molecule has 2 aromatic rings. The Balaban J connectivity index is 1.15. The van der Waals surface area contributed by atoms with Crippen LogP contribution in [0.15, 0.2) is 23.0 Å². The molecule has 9 atom stereocenters. The smallest absolute Gasteiger partial charge is 0.408 e. The summed E-state index contributed by atoms with van der Waals surface area (Å²) in [6.45, 7) is 6.63. The van der Waals surface area contributed by atoms with E-state index in [4.69, 9.17) is 21.1 Å². The lowest BCUT2D eigenvalue weighted by Gasteiger charge is -2.36. The zero-order valence-corrected chi connectivity index (χ0v) is 35.8. The van der Waals surface area contributed by atoms with E-state index < -0.39 is 86.5 Å². The highest BCUT2D eigenvalue weighted by atomic mass is 35.5. The molecule has 2 bridgehead atoms. The molecule has 8 rings (SSSR count).